The number of hydrogen-bond donors (Lipinski definition) is 1. The Morgan fingerprint density at radius 1 is 1.00 bits per heavy atom. The minimum absolute atomic E-state index is 0.0391. The number of amides is 1. The fourth-order valence-corrected chi connectivity index (χ4v) is 6.58. The zero-order chi connectivity index (χ0) is 28.2. The Bertz CT molecular complexity index is 1310. The third-order valence-corrected chi connectivity index (χ3v) is 9.10. The van der Waals surface area contributed by atoms with Gasteiger partial charge in [-0.25, -0.2) is 0 Å². The standard InChI is InChI=1S/C34H40Cl2N2O2/c1-22-18-31(35)33(32(36)19-22)40-17-5-7-25-9-11-26(12-10-25)29-15-16-37-20-30(29)34(39)38(28-13-14-28)21-27-8-4-6-23(2)24(27)3/h4,6,8-12,18-19,28-30,37H,5,7,13-17,20-21H2,1-3H3. The molecule has 0 spiro atoms. The van der Waals surface area contributed by atoms with E-state index in [9.17, 15) is 4.79 Å². The van der Waals surface area contributed by atoms with Crippen LogP contribution in [-0.4, -0.2) is 36.5 Å². The first-order valence-electron chi connectivity index (χ1n) is 14.6. The summed E-state index contributed by atoms with van der Waals surface area (Å²) in [7, 11) is 0. The fourth-order valence-electron chi connectivity index (χ4n) is 5.88. The molecular formula is C34H40Cl2N2O2. The summed E-state index contributed by atoms with van der Waals surface area (Å²) in [4.78, 5) is 16.2. The smallest absolute Gasteiger partial charge is 0.228 e. The van der Waals surface area contributed by atoms with E-state index in [1.54, 1.807) is 0 Å². The van der Waals surface area contributed by atoms with Gasteiger partial charge >= 0.3 is 0 Å². The Morgan fingerprint density at radius 2 is 1.73 bits per heavy atom. The molecule has 1 amide bonds. The predicted molar refractivity (Wildman–Crippen MR) is 165 cm³/mol. The molecule has 5 rings (SSSR count). The summed E-state index contributed by atoms with van der Waals surface area (Å²) in [6.07, 6.45) is 4.97. The van der Waals surface area contributed by atoms with E-state index in [4.69, 9.17) is 27.9 Å². The average molecular weight is 580 g/mol. The topological polar surface area (TPSA) is 41.6 Å². The first kappa shape index (κ1) is 29.0. The third kappa shape index (κ3) is 6.84. The molecular weight excluding hydrogens is 539 g/mol. The van der Waals surface area contributed by atoms with Gasteiger partial charge in [-0.05, 0) is 111 Å². The number of nitrogens with one attached hydrogen (secondary N) is 1. The number of ether oxygens (including phenoxy) is 1. The van der Waals surface area contributed by atoms with Crippen molar-refractivity contribution >= 4 is 29.1 Å². The van der Waals surface area contributed by atoms with Crippen LogP contribution < -0.4 is 10.1 Å². The Hall–Kier alpha value is -2.53. The normalized spacial score (nSPS) is 18.9. The van der Waals surface area contributed by atoms with Crippen molar-refractivity contribution in [3.05, 3.63) is 98.0 Å². The molecule has 2 unspecified atom stereocenters. The molecule has 2 fully saturated rings. The summed E-state index contributed by atoms with van der Waals surface area (Å²) >= 11 is 12.6. The SMILES string of the molecule is Cc1cc(Cl)c(OCCCc2ccc(C3CCNCC3C(=O)N(Cc3cccc(C)c3C)C3CC3)cc2)c(Cl)c1. The third-order valence-electron chi connectivity index (χ3n) is 8.53. The number of aryl methyl sites for hydroxylation is 3. The number of rotatable bonds is 10. The van der Waals surface area contributed by atoms with Crippen LogP contribution in [0.1, 0.15) is 65.0 Å². The Balaban J connectivity index is 1.21. The van der Waals surface area contributed by atoms with Gasteiger partial charge in [0.2, 0.25) is 5.91 Å². The number of hydrogen-bond acceptors (Lipinski definition) is 3. The lowest BCUT2D eigenvalue weighted by molar-refractivity contribution is -0.138. The van der Waals surface area contributed by atoms with Crippen molar-refractivity contribution in [2.75, 3.05) is 19.7 Å². The van der Waals surface area contributed by atoms with E-state index in [0.717, 1.165) is 50.8 Å². The summed E-state index contributed by atoms with van der Waals surface area (Å²) in [5, 5.41) is 4.61. The lowest BCUT2D eigenvalue weighted by atomic mass is 9.80. The highest BCUT2D eigenvalue weighted by molar-refractivity contribution is 6.37. The van der Waals surface area contributed by atoms with Crippen LogP contribution in [0.5, 0.6) is 5.75 Å². The Kier molecular flexibility index (Phi) is 9.40. The molecule has 3 aromatic carbocycles. The first-order chi connectivity index (χ1) is 19.3. The maximum Gasteiger partial charge on any atom is 0.228 e. The van der Waals surface area contributed by atoms with E-state index in [1.807, 2.05) is 19.1 Å². The van der Waals surface area contributed by atoms with E-state index in [0.29, 0.717) is 40.9 Å². The van der Waals surface area contributed by atoms with Gasteiger partial charge in [-0.1, -0.05) is 65.7 Å². The second kappa shape index (κ2) is 13.0. The van der Waals surface area contributed by atoms with Crippen LogP contribution in [0.3, 0.4) is 0 Å². The van der Waals surface area contributed by atoms with Crippen LogP contribution in [0.2, 0.25) is 10.0 Å². The summed E-state index contributed by atoms with van der Waals surface area (Å²) in [5.41, 5.74) is 7.39. The van der Waals surface area contributed by atoms with Gasteiger partial charge in [-0.15, -0.1) is 0 Å². The van der Waals surface area contributed by atoms with E-state index in [-0.39, 0.29) is 11.8 Å². The number of benzene rings is 3. The highest BCUT2D eigenvalue weighted by Crippen LogP contribution is 2.37. The molecule has 6 heteroatoms. The molecule has 40 heavy (non-hydrogen) atoms. The van der Waals surface area contributed by atoms with Crippen LogP contribution in [0.15, 0.2) is 54.6 Å². The van der Waals surface area contributed by atoms with Gasteiger partial charge in [-0.3, -0.25) is 4.79 Å². The summed E-state index contributed by atoms with van der Waals surface area (Å²) in [6, 6.07) is 19.4. The van der Waals surface area contributed by atoms with Crippen molar-refractivity contribution in [1.29, 1.82) is 0 Å². The molecule has 0 radical (unpaired) electrons. The van der Waals surface area contributed by atoms with E-state index < -0.39 is 0 Å². The average Bonchev–Trinajstić information content (AvgIpc) is 3.78. The molecule has 1 saturated carbocycles. The van der Waals surface area contributed by atoms with Gasteiger partial charge in [0.25, 0.3) is 0 Å². The predicted octanol–water partition coefficient (Wildman–Crippen LogP) is 7.81. The van der Waals surface area contributed by atoms with Crippen molar-refractivity contribution in [3.8, 4) is 5.75 Å². The lowest BCUT2D eigenvalue weighted by Crippen LogP contribution is -2.47. The number of carbonyl (C=O) groups is 1. The Morgan fingerprint density at radius 3 is 2.42 bits per heavy atom. The van der Waals surface area contributed by atoms with Crippen molar-refractivity contribution in [3.63, 3.8) is 0 Å². The van der Waals surface area contributed by atoms with Crippen LogP contribution >= 0.6 is 23.2 Å². The molecule has 4 nitrogen and oxygen atoms in total. The van der Waals surface area contributed by atoms with Crippen LogP contribution in [0.25, 0.3) is 0 Å². The molecule has 1 saturated heterocycles. The highest BCUT2D eigenvalue weighted by Gasteiger charge is 2.40. The first-order valence-corrected chi connectivity index (χ1v) is 15.3. The fraction of sp³-hybridized carbons (Fsp3) is 0.441. The van der Waals surface area contributed by atoms with Crippen LogP contribution in [0.4, 0.5) is 0 Å². The monoisotopic (exact) mass is 578 g/mol. The number of carbonyl (C=O) groups excluding carboxylic acids is 1. The van der Waals surface area contributed by atoms with Gasteiger partial charge in [0, 0.05) is 19.1 Å². The van der Waals surface area contributed by atoms with Gasteiger partial charge in [-0.2, -0.15) is 0 Å². The number of halogens is 2. The molecule has 0 bridgehead atoms. The van der Waals surface area contributed by atoms with Gasteiger partial charge in [0.15, 0.2) is 5.75 Å². The molecule has 1 N–H and O–H groups in total. The van der Waals surface area contributed by atoms with Crippen LogP contribution in [0, 0.1) is 26.7 Å². The Labute approximate surface area is 249 Å². The van der Waals surface area contributed by atoms with E-state index >= 15 is 0 Å². The quantitative estimate of drug-likeness (QED) is 0.249. The van der Waals surface area contributed by atoms with Gasteiger partial charge in [0.05, 0.1) is 22.6 Å². The second-order valence-corrected chi connectivity index (χ2v) is 12.3. The molecule has 0 aromatic heterocycles. The molecule has 3 aromatic rings. The van der Waals surface area contributed by atoms with Gasteiger partial charge in [0.1, 0.15) is 0 Å². The molecule has 2 atom stereocenters. The second-order valence-electron chi connectivity index (χ2n) is 11.5. The largest absolute Gasteiger partial charge is 0.490 e. The molecule has 1 aliphatic heterocycles. The van der Waals surface area contributed by atoms with Gasteiger partial charge < -0.3 is 15.0 Å². The molecule has 212 valence electrons. The number of piperidine rings is 1. The van der Waals surface area contributed by atoms with Crippen LogP contribution in [-0.2, 0) is 17.8 Å². The minimum Gasteiger partial charge on any atom is -0.490 e. The van der Waals surface area contributed by atoms with Crippen molar-refractivity contribution in [1.82, 2.24) is 10.2 Å². The summed E-state index contributed by atoms with van der Waals surface area (Å²) < 4.78 is 5.89. The maximum atomic E-state index is 14.0. The number of nitrogens with zero attached hydrogens (tertiary/aromatic N) is 1. The lowest BCUT2D eigenvalue weighted by Gasteiger charge is -2.36. The maximum absolute atomic E-state index is 14.0. The van der Waals surface area contributed by atoms with Crippen molar-refractivity contribution in [2.45, 2.75) is 71.4 Å². The summed E-state index contributed by atoms with van der Waals surface area (Å²) in [5.74, 6) is 1.05. The zero-order valence-corrected chi connectivity index (χ0v) is 25.3. The van der Waals surface area contributed by atoms with E-state index in [2.05, 4.69) is 66.5 Å². The zero-order valence-electron chi connectivity index (χ0n) is 23.8. The summed E-state index contributed by atoms with van der Waals surface area (Å²) in [6.45, 7) is 9.22. The highest BCUT2D eigenvalue weighted by atomic mass is 35.5. The molecule has 2 aliphatic rings. The van der Waals surface area contributed by atoms with Crippen molar-refractivity contribution < 1.29 is 9.53 Å². The molecule has 1 heterocycles. The molecule has 1 aliphatic carbocycles. The van der Waals surface area contributed by atoms with E-state index in [1.165, 1.54) is 27.8 Å². The minimum atomic E-state index is -0.0391. The van der Waals surface area contributed by atoms with Crippen molar-refractivity contribution in [2.24, 2.45) is 5.92 Å².